The van der Waals surface area contributed by atoms with E-state index in [2.05, 4.69) is 5.32 Å². The van der Waals surface area contributed by atoms with E-state index in [0.717, 1.165) is 12.7 Å². The highest BCUT2D eigenvalue weighted by molar-refractivity contribution is 5.74. The predicted octanol–water partition coefficient (Wildman–Crippen LogP) is 1.51. The summed E-state index contributed by atoms with van der Waals surface area (Å²) in [6.07, 6.45) is 0.983. The van der Waals surface area contributed by atoms with Crippen LogP contribution in [0.4, 0.5) is 4.79 Å². The molecule has 1 N–H and O–H groups in total. The molecule has 1 aliphatic heterocycles. The van der Waals surface area contributed by atoms with Crippen LogP contribution in [0.1, 0.15) is 34.1 Å². The molecular weight excluding hydrogens is 222 g/mol. The van der Waals surface area contributed by atoms with Crippen molar-refractivity contribution in [1.82, 2.24) is 5.32 Å². The van der Waals surface area contributed by atoms with E-state index in [1.807, 2.05) is 6.92 Å². The molecular formula is C12H21NO4. The average Bonchev–Trinajstić information content (AvgIpc) is 2.12. The summed E-state index contributed by atoms with van der Waals surface area (Å²) in [6, 6.07) is -0.545. The van der Waals surface area contributed by atoms with Gasteiger partial charge in [-0.25, -0.2) is 4.79 Å². The van der Waals surface area contributed by atoms with Crippen molar-refractivity contribution in [3.05, 3.63) is 0 Å². The summed E-state index contributed by atoms with van der Waals surface area (Å²) >= 11 is 0. The fourth-order valence-corrected chi connectivity index (χ4v) is 1.73. The Morgan fingerprint density at radius 3 is 2.41 bits per heavy atom. The minimum Gasteiger partial charge on any atom is -0.444 e. The minimum absolute atomic E-state index is 0.265. The molecule has 98 valence electrons. The van der Waals surface area contributed by atoms with Gasteiger partial charge in [0.05, 0.1) is 19.3 Å². The first-order chi connectivity index (χ1) is 7.83. The Labute approximate surface area is 102 Å². The first-order valence-electron chi connectivity index (χ1n) is 5.85. The molecule has 0 aliphatic carbocycles. The SMILES string of the molecule is CCC1(C(C=O)NC(=O)OC(C)(C)C)COC1. The molecule has 1 saturated heterocycles. The van der Waals surface area contributed by atoms with E-state index in [9.17, 15) is 9.59 Å². The second kappa shape index (κ2) is 5.04. The Morgan fingerprint density at radius 1 is 1.53 bits per heavy atom. The van der Waals surface area contributed by atoms with Gasteiger partial charge >= 0.3 is 6.09 Å². The van der Waals surface area contributed by atoms with Crippen LogP contribution in [0.5, 0.6) is 0 Å². The number of hydrogen-bond donors (Lipinski definition) is 1. The van der Waals surface area contributed by atoms with Crippen LogP contribution < -0.4 is 5.32 Å². The summed E-state index contributed by atoms with van der Waals surface area (Å²) in [4.78, 5) is 22.7. The van der Waals surface area contributed by atoms with Crippen LogP contribution in [0, 0.1) is 5.41 Å². The number of carbonyl (C=O) groups excluding carboxylic acids is 2. The van der Waals surface area contributed by atoms with Crippen molar-refractivity contribution in [2.75, 3.05) is 13.2 Å². The lowest BCUT2D eigenvalue weighted by Crippen LogP contribution is -2.59. The van der Waals surface area contributed by atoms with Crippen LogP contribution >= 0.6 is 0 Å². The summed E-state index contributed by atoms with van der Waals surface area (Å²) in [5.41, 5.74) is -0.828. The number of nitrogens with one attached hydrogen (secondary N) is 1. The molecule has 17 heavy (non-hydrogen) atoms. The quantitative estimate of drug-likeness (QED) is 0.760. The predicted molar refractivity (Wildman–Crippen MR) is 62.8 cm³/mol. The first kappa shape index (κ1) is 14.0. The van der Waals surface area contributed by atoms with E-state index in [1.165, 1.54) is 0 Å². The number of hydrogen-bond acceptors (Lipinski definition) is 4. The summed E-state index contributed by atoms with van der Waals surface area (Å²) < 4.78 is 10.3. The van der Waals surface area contributed by atoms with Gasteiger partial charge in [0.25, 0.3) is 0 Å². The summed E-state index contributed by atoms with van der Waals surface area (Å²) in [6.45, 7) is 8.33. The fraction of sp³-hybridized carbons (Fsp3) is 0.833. The molecule has 1 atom stereocenters. The van der Waals surface area contributed by atoms with Crippen molar-refractivity contribution in [3.8, 4) is 0 Å². The summed E-state index contributed by atoms with van der Waals surface area (Å²) in [5, 5.41) is 2.61. The third-order valence-corrected chi connectivity index (χ3v) is 2.95. The minimum atomic E-state index is -0.562. The number of ether oxygens (including phenoxy) is 2. The molecule has 5 nitrogen and oxygen atoms in total. The fourth-order valence-electron chi connectivity index (χ4n) is 1.73. The largest absolute Gasteiger partial charge is 0.444 e. The molecule has 1 amide bonds. The molecule has 0 aromatic rings. The Kier molecular flexibility index (Phi) is 4.14. The highest BCUT2D eigenvalue weighted by atomic mass is 16.6. The van der Waals surface area contributed by atoms with Gasteiger partial charge in [-0.1, -0.05) is 6.92 Å². The van der Waals surface area contributed by atoms with Crippen molar-refractivity contribution in [3.63, 3.8) is 0 Å². The van der Waals surface area contributed by atoms with E-state index < -0.39 is 17.7 Å². The van der Waals surface area contributed by atoms with Crippen LogP contribution in [0.3, 0.4) is 0 Å². The number of alkyl carbamates (subject to hydrolysis) is 1. The maximum atomic E-state index is 11.6. The average molecular weight is 243 g/mol. The van der Waals surface area contributed by atoms with E-state index in [4.69, 9.17) is 9.47 Å². The third kappa shape index (κ3) is 3.43. The second-order valence-corrected chi connectivity index (χ2v) is 5.47. The molecule has 1 unspecified atom stereocenters. The Balaban J connectivity index is 2.58. The lowest BCUT2D eigenvalue weighted by atomic mass is 9.76. The molecule has 5 heteroatoms. The van der Waals surface area contributed by atoms with E-state index in [-0.39, 0.29) is 5.41 Å². The highest BCUT2D eigenvalue weighted by Crippen LogP contribution is 2.34. The van der Waals surface area contributed by atoms with Gasteiger partial charge in [-0.05, 0) is 27.2 Å². The van der Waals surface area contributed by atoms with Gasteiger partial charge in [0, 0.05) is 5.41 Å². The molecule has 0 radical (unpaired) electrons. The molecule has 1 heterocycles. The van der Waals surface area contributed by atoms with Crippen LogP contribution in [0.25, 0.3) is 0 Å². The van der Waals surface area contributed by atoms with E-state index in [0.29, 0.717) is 13.2 Å². The Hall–Kier alpha value is -1.10. The molecule has 0 aromatic carbocycles. The van der Waals surface area contributed by atoms with Gasteiger partial charge in [0.1, 0.15) is 11.9 Å². The monoisotopic (exact) mass is 243 g/mol. The van der Waals surface area contributed by atoms with Gasteiger partial charge in [-0.15, -0.1) is 0 Å². The zero-order chi connectivity index (χ0) is 13.1. The third-order valence-electron chi connectivity index (χ3n) is 2.95. The van der Waals surface area contributed by atoms with Gasteiger partial charge in [-0.2, -0.15) is 0 Å². The molecule has 1 aliphatic rings. The van der Waals surface area contributed by atoms with Gasteiger partial charge in [-0.3, -0.25) is 0 Å². The molecule has 0 aromatic heterocycles. The van der Waals surface area contributed by atoms with Crippen LogP contribution in [0.2, 0.25) is 0 Å². The first-order valence-corrected chi connectivity index (χ1v) is 5.85. The van der Waals surface area contributed by atoms with Crippen molar-refractivity contribution < 1.29 is 19.1 Å². The summed E-state index contributed by atoms with van der Waals surface area (Å²) in [5.74, 6) is 0. The Bertz CT molecular complexity index is 286. The van der Waals surface area contributed by atoms with Gasteiger partial charge in [0.2, 0.25) is 0 Å². The molecule has 0 saturated carbocycles. The van der Waals surface area contributed by atoms with Crippen molar-refractivity contribution in [2.24, 2.45) is 5.41 Å². The molecule has 1 fully saturated rings. The number of carbonyl (C=O) groups is 2. The van der Waals surface area contributed by atoms with Gasteiger partial charge < -0.3 is 19.6 Å². The highest BCUT2D eigenvalue weighted by Gasteiger charge is 2.45. The number of rotatable bonds is 4. The van der Waals surface area contributed by atoms with Crippen LogP contribution in [-0.2, 0) is 14.3 Å². The number of aldehydes is 1. The second-order valence-electron chi connectivity index (χ2n) is 5.47. The molecule has 0 spiro atoms. The maximum absolute atomic E-state index is 11.6. The Morgan fingerprint density at radius 2 is 2.12 bits per heavy atom. The lowest BCUT2D eigenvalue weighted by molar-refractivity contribution is -0.144. The zero-order valence-corrected chi connectivity index (χ0v) is 10.9. The van der Waals surface area contributed by atoms with E-state index >= 15 is 0 Å². The topological polar surface area (TPSA) is 64.6 Å². The number of amides is 1. The van der Waals surface area contributed by atoms with Gasteiger partial charge in [0.15, 0.2) is 0 Å². The lowest BCUT2D eigenvalue weighted by Gasteiger charge is -2.44. The van der Waals surface area contributed by atoms with Crippen LogP contribution in [0.15, 0.2) is 0 Å². The summed E-state index contributed by atoms with van der Waals surface area (Å²) in [7, 11) is 0. The van der Waals surface area contributed by atoms with Crippen molar-refractivity contribution in [1.29, 1.82) is 0 Å². The maximum Gasteiger partial charge on any atom is 0.408 e. The molecule has 0 bridgehead atoms. The van der Waals surface area contributed by atoms with Crippen molar-refractivity contribution >= 4 is 12.4 Å². The van der Waals surface area contributed by atoms with Crippen molar-refractivity contribution in [2.45, 2.75) is 45.8 Å². The van der Waals surface area contributed by atoms with Crippen LogP contribution in [-0.4, -0.2) is 37.2 Å². The molecule has 1 rings (SSSR count). The normalized spacial score (nSPS) is 20.0. The smallest absolute Gasteiger partial charge is 0.408 e. The zero-order valence-electron chi connectivity index (χ0n) is 10.9. The van der Waals surface area contributed by atoms with E-state index in [1.54, 1.807) is 20.8 Å². The standard InChI is InChI=1S/C12H21NO4/c1-5-12(7-16-8-12)9(6-14)13-10(15)17-11(2,3)4/h6,9H,5,7-8H2,1-4H3,(H,13,15).